The summed E-state index contributed by atoms with van der Waals surface area (Å²) in [5.74, 6) is 4.29. The van der Waals surface area contributed by atoms with Crippen LogP contribution in [0, 0.1) is 52.3 Å². The number of carbonyl (C=O) groups excluding carboxylic acids is 2. The molecule has 0 amide bonds. The summed E-state index contributed by atoms with van der Waals surface area (Å²) < 4.78 is 0. The second-order valence-corrected chi connectivity index (χ2v) is 11.6. The van der Waals surface area contributed by atoms with Crippen molar-refractivity contribution in [1.29, 1.82) is 0 Å². The van der Waals surface area contributed by atoms with Crippen LogP contribution in [-0.2, 0) is 9.59 Å². The number of nitrogens with one attached hydrogen (secondary N) is 1. The molecule has 0 bridgehead atoms. The Morgan fingerprint density at radius 2 is 1.79 bits per heavy atom. The summed E-state index contributed by atoms with van der Waals surface area (Å²) in [6.07, 6.45) is 16.5. The van der Waals surface area contributed by atoms with Crippen molar-refractivity contribution in [3.63, 3.8) is 0 Å². The number of hydrogen-bond donors (Lipinski definition) is 1. The van der Waals surface area contributed by atoms with Crippen molar-refractivity contribution in [2.45, 2.75) is 71.6 Å². The van der Waals surface area contributed by atoms with Gasteiger partial charge in [0.1, 0.15) is 12.1 Å². The number of Topliss-reactive ketones (excluding diaryl/α,β-unsaturated/α-hetero) is 1. The van der Waals surface area contributed by atoms with E-state index in [9.17, 15) is 9.59 Å². The maximum absolute atomic E-state index is 12.7. The van der Waals surface area contributed by atoms with E-state index < -0.39 is 0 Å². The third-order valence-corrected chi connectivity index (χ3v) is 10.4. The fourth-order valence-electron chi connectivity index (χ4n) is 8.60. The van der Waals surface area contributed by atoms with Crippen molar-refractivity contribution in [2.75, 3.05) is 13.1 Å². The Kier molecular flexibility index (Phi) is 5.04. The molecule has 0 radical (unpaired) electrons. The summed E-state index contributed by atoms with van der Waals surface area (Å²) in [6, 6.07) is 0. The van der Waals surface area contributed by atoms with Gasteiger partial charge in [-0.3, -0.25) is 4.79 Å². The summed E-state index contributed by atoms with van der Waals surface area (Å²) in [7, 11) is 0. The summed E-state index contributed by atoms with van der Waals surface area (Å²) >= 11 is 0. The summed E-state index contributed by atoms with van der Waals surface area (Å²) in [4.78, 5) is 24.9. The zero-order valence-corrected chi connectivity index (χ0v) is 18.4. The lowest BCUT2D eigenvalue weighted by Crippen LogP contribution is -2.56. The molecule has 1 saturated heterocycles. The van der Waals surface area contributed by atoms with Crippen molar-refractivity contribution in [3.8, 4) is 0 Å². The SMILES string of the molecule is C[C@]12CC[C@@H](C=C[C@@H]3CCNC3)CC1CC(C=O)[C@@H]1[C@@H]2CC[C@]2(C)C(=O)CC[C@@H]12. The van der Waals surface area contributed by atoms with Crippen LogP contribution in [0.5, 0.6) is 0 Å². The summed E-state index contributed by atoms with van der Waals surface area (Å²) in [5, 5.41) is 3.47. The molecule has 5 fully saturated rings. The van der Waals surface area contributed by atoms with Gasteiger partial charge in [-0.2, -0.15) is 0 Å². The number of allylic oxidation sites excluding steroid dienone is 1. The zero-order valence-electron chi connectivity index (χ0n) is 18.4. The third kappa shape index (κ3) is 3.09. The molecule has 9 atom stereocenters. The molecule has 3 heteroatoms. The molecule has 0 aromatic heterocycles. The zero-order chi connectivity index (χ0) is 20.2. The van der Waals surface area contributed by atoms with Crippen molar-refractivity contribution < 1.29 is 9.59 Å². The minimum atomic E-state index is -0.138. The van der Waals surface area contributed by atoms with Gasteiger partial charge in [-0.1, -0.05) is 26.0 Å². The molecule has 29 heavy (non-hydrogen) atoms. The van der Waals surface area contributed by atoms with Gasteiger partial charge in [-0.15, -0.1) is 0 Å². The van der Waals surface area contributed by atoms with Crippen LogP contribution >= 0.6 is 0 Å². The Morgan fingerprint density at radius 1 is 0.966 bits per heavy atom. The van der Waals surface area contributed by atoms with E-state index in [1.165, 1.54) is 32.0 Å². The summed E-state index contributed by atoms with van der Waals surface area (Å²) in [6.45, 7) is 7.07. The number of fused-ring (bicyclic) bond motifs is 5. The Labute approximate surface area is 176 Å². The Bertz CT molecular complexity index is 695. The van der Waals surface area contributed by atoms with Gasteiger partial charge in [0.05, 0.1) is 0 Å². The van der Waals surface area contributed by atoms with E-state index in [0.717, 1.165) is 51.1 Å². The van der Waals surface area contributed by atoms with E-state index >= 15 is 0 Å². The van der Waals surface area contributed by atoms with Gasteiger partial charge >= 0.3 is 0 Å². The molecule has 1 aliphatic heterocycles. The van der Waals surface area contributed by atoms with Crippen LogP contribution < -0.4 is 5.32 Å². The Balaban J connectivity index is 1.36. The highest BCUT2D eigenvalue weighted by Crippen LogP contribution is 2.67. The first-order valence-corrected chi connectivity index (χ1v) is 12.3. The average molecular weight is 398 g/mol. The van der Waals surface area contributed by atoms with Crippen LogP contribution in [0.25, 0.3) is 0 Å². The lowest BCUT2D eigenvalue weighted by atomic mass is 9.42. The predicted octanol–water partition coefficient (Wildman–Crippen LogP) is 4.81. The molecule has 1 heterocycles. The van der Waals surface area contributed by atoms with E-state index in [2.05, 4.69) is 31.3 Å². The van der Waals surface area contributed by atoms with Gasteiger partial charge in [-0.05, 0) is 98.8 Å². The molecule has 0 spiro atoms. The van der Waals surface area contributed by atoms with Crippen LogP contribution in [0.1, 0.15) is 71.6 Å². The smallest absolute Gasteiger partial charge is 0.139 e. The van der Waals surface area contributed by atoms with Crippen molar-refractivity contribution in [3.05, 3.63) is 12.2 Å². The maximum Gasteiger partial charge on any atom is 0.139 e. The number of aldehydes is 1. The standard InChI is InChI=1S/C26H39NO2/c1-25-10-7-17(3-4-18-9-12-27-15-18)13-20(25)14-19(16-28)24-21-5-6-23(29)26(21,2)11-8-22(24)25/h3-4,16-22,24,27H,5-15H2,1-2H3/t17-,18-,19?,20?,21+,22+,24+,25+,26+/m1/s1. The van der Waals surface area contributed by atoms with Crippen LogP contribution in [0.2, 0.25) is 0 Å². The van der Waals surface area contributed by atoms with E-state index in [-0.39, 0.29) is 11.3 Å². The molecular weight excluding hydrogens is 358 g/mol. The Morgan fingerprint density at radius 3 is 2.55 bits per heavy atom. The minimum absolute atomic E-state index is 0.138. The van der Waals surface area contributed by atoms with E-state index in [0.29, 0.717) is 40.8 Å². The quantitative estimate of drug-likeness (QED) is 0.549. The number of rotatable bonds is 3. The number of hydrogen-bond acceptors (Lipinski definition) is 3. The topological polar surface area (TPSA) is 46.2 Å². The first kappa shape index (κ1) is 20.0. The molecule has 0 aromatic carbocycles. The first-order valence-electron chi connectivity index (χ1n) is 12.3. The van der Waals surface area contributed by atoms with Crippen molar-refractivity contribution >= 4 is 12.1 Å². The molecule has 5 rings (SSSR count). The number of carbonyl (C=O) groups is 2. The maximum atomic E-state index is 12.7. The highest BCUT2D eigenvalue weighted by molar-refractivity contribution is 5.87. The van der Waals surface area contributed by atoms with Crippen LogP contribution in [0.15, 0.2) is 12.2 Å². The Hall–Kier alpha value is -0.960. The van der Waals surface area contributed by atoms with E-state index in [4.69, 9.17) is 0 Å². The second-order valence-electron chi connectivity index (χ2n) is 11.6. The average Bonchev–Trinajstić information content (AvgIpc) is 3.34. The molecule has 4 saturated carbocycles. The lowest BCUT2D eigenvalue weighted by Gasteiger charge is -2.61. The number of ketones is 1. The van der Waals surface area contributed by atoms with Gasteiger partial charge in [-0.25, -0.2) is 0 Å². The van der Waals surface area contributed by atoms with E-state index in [1.54, 1.807) is 0 Å². The van der Waals surface area contributed by atoms with Gasteiger partial charge in [0.2, 0.25) is 0 Å². The molecule has 3 nitrogen and oxygen atoms in total. The molecule has 2 unspecified atom stereocenters. The largest absolute Gasteiger partial charge is 0.316 e. The van der Waals surface area contributed by atoms with Crippen molar-refractivity contribution in [2.24, 2.45) is 52.3 Å². The fourth-order valence-corrected chi connectivity index (χ4v) is 8.60. The fraction of sp³-hybridized carbons (Fsp3) is 0.846. The predicted molar refractivity (Wildman–Crippen MR) is 115 cm³/mol. The van der Waals surface area contributed by atoms with Gasteiger partial charge in [0, 0.05) is 24.3 Å². The highest BCUT2D eigenvalue weighted by atomic mass is 16.1. The lowest BCUT2D eigenvalue weighted by molar-refractivity contribution is -0.154. The monoisotopic (exact) mass is 397 g/mol. The molecule has 0 aromatic rings. The molecule has 5 aliphatic rings. The van der Waals surface area contributed by atoms with Crippen LogP contribution in [-0.4, -0.2) is 25.2 Å². The van der Waals surface area contributed by atoms with Gasteiger partial charge in [0.15, 0.2) is 0 Å². The van der Waals surface area contributed by atoms with Gasteiger partial charge in [0.25, 0.3) is 0 Å². The molecule has 1 N–H and O–H groups in total. The third-order valence-electron chi connectivity index (χ3n) is 10.4. The normalized spacial score (nSPS) is 52.2. The van der Waals surface area contributed by atoms with Gasteiger partial charge < -0.3 is 10.1 Å². The van der Waals surface area contributed by atoms with E-state index in [1.807, 2.05) is 0 Å². The molecular formula is C26H39NO2. The molecule has 4 aliphatic carbocycles. The van der Waals surface area contributed by atoms with Crippen molar-refractivity contribution in [1.82, 2.24) is 5.32 Å². The molecule has 160 valence electrons. The summed E-state index contributed by atoms with van der Waals surface area (Å²) in [5.41, 5.74) is 0.233. The second kappa shape index (κ2) is 7.32. The highest BCUT2D eigenvalue weighted by Gasteiger charge is 2.62. The van der Waals surface area contributed by atoms with Crippen LogP contribution in [0.3, 0.4) is 0 Å². The minimum Gasteiger partial charge on any atom is -0.316 e. The first-order chi connectivity index (χ1) is 14.0. The van der Waals surface area contributed by atoms with Crippen LogP contribution in [0.4, 0.5) is 0 Å².